The van der Waals surface area contributed by atoms with Gasteiger partial charge in [0.05, 0.1) is 13.2 Å². The van der Waals surface area contributed by atoms with Gasteiger partial charge in [-0.25, -0.2) is 0 Å². The monoisotopic (exact) mass is 234 g/mol. The Morgan fingerprint density at radius 3 is 2.76 bits per heavy atom. The molecular weight excluding hydrogens is 212 g/mol. The number of nitrogens with one attached hydrogen (secondary N) is 1. The third-order valence-corrected chi connectivity index (χ3v) is 3.41. The van der Waals surface area contributed by atoms with Gasteiger partial charge < -0.3 is 15.8 Å². The van der Waals surface area contributed by atoms with Gasteiger partial charge in [0.1, 0.15) is 0 Å². The van der Waals surface area contributed by atoms with Crippen molar-refractivity contribution in [3.63, 3.8) is 0 Å². The van der Waals surface area contributed by atoms with Crippen LogP contribution in [0.2, 0.25) is 0 Å². The average Bonchev–Trinajstić information content (AvgIpc) is 2.76. The lowest BCUT2D eigenvalue weighted by Gasteiger charge is -2.20. The maximum absolute atomic E-state index is 5.75. The van der Waals surface area contributed by atoms with Crippen molar-refractivity contribution in [2.45, 2.75) is 39.6 Å². The summed E-state index contributed by atoms with van der Waals surface area (Å²) < 4.78 is 5.41. The molecular formula is C14H22N2O. The van der Waals surface area contributed by atoms with Crippen LogP contribution in [-0.2, 0) is 24.5 Å². The van der Waals surface area contributed by atoms with Crippen LogP contribution in [0.1, 0.15) is 30.5 Å². The second-order valence-corrected chi connectivity index (χ2v) is 5.06. The Balaban J connectivity index is 1.95. The molecule has 1 aliphatic rings. The van der Waals surface area contributed by atoms with Gasteiger partial charge in [-0.1, -0.05) is 32.0 Å². The lowest BCUT2D eigenvalue weighted by Crippen LogP contribution is -2.39. The lowest BCUT2D eigenvalue weighted by molar-refractivity contribution is 0.134. The summed E-state index contributed by atoms with van der Waals surface area (Å²) in [5.74, 6) is 0.567. The molecule has 0 saturated heterocycles. The highest BCUT2D eigenvalue weighted by Gasteiger charge is 2.13. The van der Waals surface area contributed by atoms with E-state index in [0.717, 1.165) is 19.8 Å². The van der Waals surface area contributed by atoms with E-state index in [2.05, 4.69) is 37.4 Å². The SMILES string of the molecule is CC(C)C(CN)NCc1ccc2c(c1)COC2. The molecule has 0 saturated carbocycles. The minimum Gasteiger partial charge on any atom is -0.372 e. The molecule has 3 N–H and O–H groups in total. The molecule has 2 rings (SSSR count). The molecule has 0 aliphatic carbocycles. The summed E-state index contributed by atoms with van der Waals surface area (Å²) in [6, 6.07) is 6.98. The van der Waals surface area contributed by atoms with Crippen LogP contribution < -0.4 is 11.1 Å². The molecule has 1 atom stereocenters. The van der Waals surface area contributed by atoms with Crippen molar-refractivity contribution >= 4 is 0 Å². The minimum absolute atomic E-state index is 0.388. The summed E-state index contributed by atoms with van der Waals surface area (Å²) >= 11 is 0. The van der Waals surface area contributed by atoms with E-state index < -0.39 is 0 Å². The fraction of sp³-hybridized carbons (Fsp3) is 0.571. The standard InChI is InChI=1S/C14H22N2O/c1-10(2)14(6-15)16-7-11-3-4-12-8-17-9-13(12)5-11/h3-5,10,14,16H,6-9,15H2,1-2H3. The van der Waals surface area contributed by atoms with Gasteiger partial charge in [-0.15, -0.1) is 0 Å². The lowest BCUT2D eigenvalue weighted by atomic mass is 10.0. The van der Waals surface area contributed by atoms with Crippen LogP contribution in [-0.4, -0.2) is 12.6 Å². The Morgan fingerprint density at radius 1 is 1.29 bits per heavy atom. The molecule has 0 fully saturated rings. The highest BCUT2D eigenvalue weighted by atomic mass is 16.5. The Kier molecular flexibility index (Phi) is 4.15. The maximum Gasteiger partial charge on any atom is 0.0725 e. The molecule has 1 unspecified atom stereocenters. The molecule has 1 heterocycles. The number of rotatable bonds is 5. The Morgan fingerprint density at radius 2 is 2.06 bits per heavy atom. The quantitative estimate of drug-likeness (QED) is 0.816. The number of fused-ring (bicyclic) bond motifs is 1. The molecule has 1 aromatic carbocycles. The molecule has 94 valence electrons. The fourth-order valence-electron chi connectivity index (χ4n) is 2.18. The number of benzene rings is 1. The van der Waals surface area contributed by atoms with Gasteiger partial charge in [-0.05, 0) is 22.6 Å². The van der Waals surface area contributed by atoms with Crippen molar-refractivity contribution < 1.29 is 4.74 Å². The first kappa shape index (κ1) is 12.6. The predicted octanol–water partition coefficient (Wildman–Crippen LogP) is 1.79. The van der Waals surface area contributed by atoms with Crippen LogP contribution in [0.15, 0.2) is 18.2 Å². The molecule has 3 heteroatoms. The Labute approximate surface area is 103 Å². The van der Waals surface area contributed by atoms with Crippen LogP contribution in [0.3, 0.4) is 0 Å². The Hall–Kier alpha value is -0.900. The maximum atomic E-state index is 5.75. The first-order valence-electron chi connectivity index (χ1n) is 6.32. The topological polar surface area (TPSA) is 47.3 Å². The number of nitrogens with two attached hydrogens (primary N) is 1. The van der Waals surface area contributed by atoms with Gasteiger partial charge in [0.2, 0.25) is 0 Å². The van der Waals surface area contributed by atoms with Crippen molar-refractivity contribution in [2.75, 3.05) is 6.54 Å². The summed E-state index contributed by atoms with van der Waals surface area (Å²) in [6.07, 6.45) is 0. The second kappa shape index (κ2) is 5.63. The van der Waals surface area contributed by atoms with Crippen molar-refractivity contribution in [3.05, 3.63) is 34.9 Å². The van der Waals surface area contributed by atoms with Gasteiger partial charge in [0.25, 0.3) is 0 Å². The van der Waals surface area contributed by atoms with E-state index in [9.17, 15) is 0 Å². The summed E-state index contributed by atoms with van der Waals surface area (Å²) in [5.41, 5.74) is 9.72. The minimum atomic E-state index is 0.388. The summed E-state index contributed by atoms with van der Waals surface area (Å²) in [7, 11) is 0. The van der Waals surface area contributed by atoms with E-state index in [1.807, 2.05) is 0 Å². The third kappa shape index (κ3) is 3.06. The molecule has 0 aromatic heterocycles. The molecule has 0 spiro atoms. The molecule has 0 radical (unpaired) electrons. The van der Waals surface area contributed by atoms with E-state index in [-0.39, 0.29) is 0 Å². The number of hydrogen-bond donors (Lipinski definition) is 2. The first-order chi connectivity index (χ1) is 8.20. The third-order valence-electron chi connectivity index (χ3n) is 3.41. The van der Waals surface area contributed by atoms with E-state index in [4.69, 9.17) is 10.5 Å². The predicted molar refractivity (Wildman–Crippen MR) is 69.5 cm³/mol. The van der Waals surface area contributed by atoms with Crippen LogP contribution in [0.25, 0.3) is 0 Å². The number of hydrogen-bond acceptors (Lipinski definition) is 3. The van der Waals surface area contributed by atoms with Crippen LogP contribution in [0.5, 0.6) is 0 Å². The molecule has 1 aromatic rings. The van der Waals surface area contributed by atoms with Crippen molar-refractivity contribution in [1.29, 1.82) is 0 Å². The van der Waals surface area contributed by atoms with E-state index in [0.29, 0.717) is 18.5 Å². The van der Waals surface area contributed by atoms with Crippen LogP contribution in [0, 0.1) is 5.92 Å². The van der Waals surface area contributed by atoms with E-state index >= 15 is 0 Å². The largest absolute Gasteiger partial charge is 0.372 e. The van der Waals surface area contributed by atoms with Crippen molar-refractivity contribution in [1.82, 2.24) is 5.32 Å². The van der Waals surface area contributed by atoms with Gasteiger partial charge >= 0.3 is 0 Å². The van der Waals surface area contributed by atoms with Gasteiger partial charge in [-0.2, -0.15) is 0 Å². The van der Waals surface area contributed by atoms with Crippen molar-refractivity contribution in [2.24, 2.45) is 11.7 Å². The number of ether oxygens (including phenoxy) is 1. The van der Waals surface area contributed by atoms with E-state index in [1.165, 1.54) is 16.7 Å². The van der Waals surface area contributed by atoms with Gasteiger partial charge in [0, 0.05) is 19.1 Å². The molecule has 1 aliphatic heterocycles. The summed E-state index contributed by atoms with van der Waals surface area (Å²) in [5, 5.41) is 3.51. The highest BCUT2D eigenvalue weighted by Crippen LogP contribution is 2.20. The molecule has 17 heavy (non-hydrogen) atoms. The normalized spacial score (nSPS) is 16.2. The van der Waals surface area contributed by atoms with Crippen LogP contribution in [0.4, 0.5) is 0 Å². The molecule has 0 bridgehead atoms. The zero-order valence-electron chi connectivity index (χ0n) is 10.7. The fourth-order valence-corrected chi connectivity index (χ4v) is 2.18. The molecule has 0 amide bonds. The summed E-state index contributed by atoms with van der Waals surface area (Å²) in [4.78, 5) is 0. The van der Waals surface area contributed by atoms with Crippen LogP contribution >= 0.6 is 0 Å². The van der Waals surface area contributed by atoms with Crippen molar-refractivity contribution in [3.8, 4) is 0 Å². The highest BCUT2D eigenvalue weighted by molar-refractivity contribution is 5.33. The average molecular weight is 234 g/mol. The zero-order valence-corrected chi connectivity index (χ0v) is 10.7. The Bertz CT molecular complexity index is 376. The van der Waals surface area contributed by atoms with E-state index in [1.54, 1.807) is 0 Å². The van der Waals surface area contributed by atoms with Gasteiger partial charge in [0.15, 0.2) is 0 Å². The second-order valence-electron chi connectivity index (χ2n) is 5.06. The molecule has 3 nitrogen and oxygen atoms in total. The van der Waals surface area contributed by atoms with Gasteiger partial charge in [-0.3, -0.25) is 0 Å². The first-order valence-corrected chi connectivity index (χ1v) is 6.32. The summed E-state index contributed by atoms with van der Waals surface area (Å²) in [6.45, 7) is 7.48. The zero-order chi connectivity index (χ0) is 12.3. The smallest absolute Gasteiger partial charge is 0.0725 e.